The zero-order valence-electron chi connectivity index (χ0n) is 18.4. The van der Waals surface area contributed by atoms with Crippen molar-refractivity contribution in [2.24, 2.45) is 7.05 Å². The van der Waals surface area contributed by atoms with E-state index >= 15 is 0 Å². The van der Waals surface area contributed by atoms with Gasteiger partial charge < -0.3 is 10.0 Å². The average Bonchev–Trinajstić information content (AvgIpc) is 3.42. The highest BCUT2D eigenvalue weighted by atomic mass is 19.4. The van der Waals surface area contributed by atoms with Crippen molar-refractivity contribution >= 4 is 11.5 Å². The molecule has 1 aliphatic heterocycles. The van der Waals surface area contributed by atoms with Crippen molar-refractivity contribution < 1.29 is 18.3 Å². The molecule has 0 saturated carbocycles. The molecule has 0 aromatic carbocycles. The predicted octanol–water partition coefficient (Wildman–Crippen LogP) is 2.86. The lowest BCUT2D eigenvalue weighted by Gasteiger charge is -2.32. The Kier molecular flexibility index (Phi) is 5.68. The van der Waals surface area contributed by atoms with Crippen LogP contribution in [0.1, 0.15) is 35.8 Å². The molecule has 1 saturated heterocycles. The van der Waals surface area contributed by atoms with E-state index in [9.17, 15) is 18.3 Å². The summed E-state index contributed by atoms with van der Waals surface area (Å²) in [6.45, 7) is 1.59. The van der Waals surface area contributed by atoms with Crippen LogP contribution in [0.3, 0.4) is 0 Å². The fourth-order valence-electron chi connectivity index (χ4n) is 4.35. The Balaban J connectivity index is 1.43. The van der Waals surface area contributed by atoms with Crippen LogP contribution in [0.25, 0.3) is 17.2 Å². The molecule has 12 heteroatoms. The van der Waals surface area contributed by atoms with Gasteiger partial charge in [0.05, 0.1) is 18.1 Å². The summed E-state index contributed by atoms with van der Waals surface area (Å²) in [5, 5.41) is 13.9. The van der Waals surface area contributed by atoms with Crippen molar-refractivity contribution in [3.05, 3.63) is 54.0 Å². The highest BCUT2D eigenvalue weighted by molar-refractivity contribution is 5.58. The maximum Gasteiger partial charge on any atom is 0.434 e. The van der Waals surface area contributed by atoms with Crippen LogP contribution in [0.15, 0.2) is 36.9 Å². The van der Waals surface area contributed by atoms with Crippen LogP contribution >= 0.6 is 0 Å². The van der Waals surface area contributed by atoms with E-state index in [0.717, 1.165) is 43.2 Å². The Morgan fingerprint density at radius 3 is 2.82 bits per heavy atom. The van der Waals surface area contributed by atoms with Gasteiger partial charge in [0.15, 0.2) is 17.2 Å². The molecule has 178 valence electrons. The van der Waals surface area contributed by atoms with Crippen molar-refractivity contribution in [1.82, 2.24) is 34.1 Å². The molecule has 0 amide bonds. The Bertz CT molecular complexity index is 1320. The third kappa shape index (κ3) is 4.20. The normalized spacial score (nSPS) is 17.0. The third-order valence-electron chi connectivity index (χ3n) is 6.08. The van der Waals surface area contributed by atoms with Crippen molar-refractivity contribution in [1.29, 1.82) is 0 Å². The number of aryl methyl sites for hydroxylation is 1. The molecule has 4 aromatic heterocycles. The van der Waals surface area contributed by atoms with Crippen molar-refractivity contribution in [2.75, 3.05) is 24.6 Å². The highest BCUT2D eigenvalue weighted by Gasteiger charge is 2.33. The molecular formula is C22H23F3N8O. The number of rotatable bonds is 5. The monoisotopic (exact) mass is 472 g/mol. The first-order valence-corrected chi connectivity index (χ1v) is 11.0. The Hall–Kier alpha value is -3.54. The summed E-state index contributed by atoms with van der Waals surface area (Å²) in [5.74, 6) is 1.19. The molecule has 0 spiro atoms. The fourth-order valence-corrected chi connectivity index (χ4v) is 4.35. The molecule has 34 heavy (non-hydrogen) atoms. The fraction of sp³-hybridized carbons (Fsp3) is 0.409. The largest absolute Gasteiger partial charge is 0.434 e. The number of fused-ring (bicyclic) bond motifs is 1. The number of aliphatic hydroxyl groups excluding tert-OH is 1. The van der Waals surface area contributed by atoms with Gasteiger partial charge >= 0.3 is 6.18 Å². The summed E-state index contributed by atoms with van der Waals surface area (Å²) < 4.78 is 42.6. The number of nitrogens with zero attached hydrogens (tertiary/aromatic N) is 8. The molecule has 1 atom stereocenters. The second kappa shape index (κ2) is 8.67. The molecule has 4 aromatic rings. The zero-order chi connectivity index (χ0) is 23.9. The molecule has 5 heterocycles. The quantitative estimate of drug-likeness (QED) is 0.477. The van der Waals surface area contributed by atoms with Gasteiger partial charge in [-0.3, -0.25) is 9.08 Å². The number of imidazole rings is 1. The first-order chi connectivity index (χ1) is 16.3. The molecule has 1 N–H and O–H groups in total. The molecular weight excluding hydrogens is 449 g/mol. The lowest BCUT2D eigenvalue weighted by Crippen LogP contribution is -2.35. The molecule has 1 fully saturated rings. The Morgan fingerprint density at radius 1 is 1.18 bits per heavy atom. The van der Waals surface area contributed by atoms with E-state index in [1.54, 1.807) is 12.3 Å². The molecule has 5 rings (SSSR count). The minimum absolute atomic E-state index is 0.0727. The first kappa shape index (κ1) is 22.3. The van der Waals surface area contributed by atoms with Gasteiger partial charge in [0.25, 0.3) is 0 Å². The number of aromatic nitrogens is 7. The molecule has 1 unspecified atom stereocenters. The Labute approximate surface area is 192 Å². The van der Waals surface area contributed by atoms with Crippen LogP contribution in [0, 0.1) is 0 Å². The molecule has 0 radical (unpaired) electrons. The molecule has 0 aliphatic carbocycles. The summed E-state index contributed by atoms with van der Waals surface area (Å²) in [5.41, 5.74) is 1.60. The van der Waals surface area contributed by atoms with Gasteiger partial charge in [0, 0.05) is 57.2 Å². The summed E-state index contributed by atoms with van der Waals surface area (Å²) >= 11 is 0. The lowest BCUT2D eigenvalue weighted by atomic mass is 9.94. The van der Waals surface area contributed by atoms with E-state index < -0.39 is 11.9 Å². The number of hydrogen-bond donors (Lipinski definition) is 1. The van der Waals surface area contributed by atoms with Crippen molar-refractivity contribution in [3.63, 3.8) is 0 Å². The Morgan fingerprint density at radius 2 is 2.03 bits per heavy atom. The minimum Gasteiger partial charge on any atom is -0.396 e. The number of hydrogen-bond acceptors (Lipinski definition) is 7. The predicted molar refractivity (Wildman–Crippen MR) is 117 cm³/mol. The highest BCUT2D eigenvalue weighted by Crippen LogP contribution is 2.31. The van der Waals surface area contributed by atoms with Gasteiger partial charge in [-0.15, -0.1) is 0 Å². The van der Waals surface area contributed by atoms with Gasteiger partial charge in [-0.1, -0.05) is 0 Å². The van der Waals surface area contributed by atoms with Crippen LogP contribution < -0.4 is 4.90 Å². The number of aliphatic hydroxyl groups is 1. The second-order valence-corrected chi connectivity index (χ2v) is 8.32. The van der Waals surface area contributed by atoms with Crippen LogP contribution in [0.2, 0.25) is 0 Å². The van der Waals surface area contributed by atoms with Gasteiger partial charge in [-0.05, 0) is 25.0 Å². The maximum atomic E-state index is 13.2. The average molecular weight is 472 g/mol. The number of alkyl halides is 3. The summed E-state index contributed by atoms with van der Waals surface area (Å²) in [7, 11) is 1.88. The van der Waals surface area contributed by atoms with E-state index in [4.69, 9.17) is 0 Å². The number of piperidine rings is 1. The van der Waals surface area contributed by atoms with Crippen LogP contribution in [0.4, 0.5) is 19.0 Å². The van der Waals surface area contributed by atoms with E-state index in [0.29, 0.717) is 24.5 Å². The molecule has 1 aliphatic rings. The molecule has 0 bridgehead atoms. The van der Waals surface area contributed by atoms with Crippen molar-refractivity contribution in [2.45, 2.75) is 31.4 Å². The second-order valence-electron chi connectivity index (χ2n) is 8.32. The van der Waals surface area contributed by atoms with Gasteiger partial charge in [0.1, 0.15) is 11.5 Å². The third-order valence-corrected chi connectivity index (χ3v) is 6.08. The number of anilines is 1. The van der Waals surface area contributed by atoms with E-state index in [-0.39, 0.29) is 24.0 Å². The van der Waals surface area contributed by atoms with Gasteiger partial charge in [0.2, 0.25) is 0 Å². The van der Waals surface area contributed by atoms with E-state index in [1.165, 1.54) is 10.6 Å². The topological polar surface area (TPSA) is 97.3 Å². The van der Waals surface area contributed by atoms with E-state index in [1.807, 2.05) is 17.8 Å². The summed E-state index contributed by atoms with van der Waals surface area (Å²) in [4.78, 5) is 18.7. The van der Waals surface area contributed by atoms with Gasteiger partial charge in [-0.2, -0.15) is 18.3 Å². The number of halogens is 3. The zero-order valence-corrected chi connectivity index (χ0v) is 18.4. The first-order valence-electron chi connectivity index (χ1n) is 11.0. The van der Waals surface area contributed by atoms with Crippen LogP contribution in [-0.2, 0) is 19.6 Å². The summed E-state index contributed by atoms with van der Waals surface area (Å²) in [6, 6.07) is 3.84. The lowest BCUT2D eigenvalue weighted by molar-refractivity contribution is -0.141. The molecule has 9 nitrogen and oxygen atoms in total. The van der Waals surface area contributed by atoms with Crippen LogP contribution in [-0.4, -0.2) is 58.9 Å². The summed E-state index contributed by atoms with van der Waals surface area (Å²) in [6.07, 6.45) is 2.98. The van der Waals surface area contributed by atoms with Crippen LogP contribution in [0.5, 0.6) is 0 Å². The SMILES string of the molecule is Cn1nc(C2CCCN(c3ccnc(-c4cnc5cnc(C(F)(F)F)cn45)n3)C2)cc1CCO. The van der Waals surface area contributed by atoms with Crippen molar-refractivity contribution in [3.8, 4) is 11.5 Å². The standard InChI is InChI=1S/C22H23F3N8O/c1-31-15(5-8-34)9-16(30-31)14-3-2-7-32(12-14)19-4-6-26-21(29-19)17-10-28-20-11-27-18(13-33(17)20)22(23,24)25/h4,6,9-11,13-14,34H,2-3,5,7-8,12H2,1H3. The smallest absolute Gasteiger partial charge is 0.396 e. The van der Waals surface area contributed by atoms with E-state index in [2.05, 4.69) is 29.9 Å². The maximum absolute atomic E-state index is 13.2. The van der Waals surface area contributed by atoms with Gasteiger partial charge in [-0.25, -0.2) is 19.9 Å². The minimum atomic E-state index is -4.57.